The summed E-state index contributed by atoms with van der Waals surface area (Å²) in [5.41, 5.74) is 0.950. The quantitative estimate of drug-likeness (QED) is 0.669. The van der Waals surface area contributed by atoms with Crippen LogP contribution < -0.4 is 15.0 Å². The smallest absolute Gasteiger partial charge is 0.414 e. The van der Waals surface area contributed by atoms with Crippen LogP contribution in [-0.2, 0) is 9.47 Å². The third kappa shape index (κ3) is 6.18. The number of rotatable bonds is 8. The van der Waals surface area contributed by atoms with Gasteiger partial charge < -0.3 is 19.5 Å². The predicted molar refractivity (Wildman–Crippen MR) is 112 cm³/mol. The zero-order valence-electron chi connectivity index (χ0n) is 17.5. The van der Waals surface area contributed by atoms with Crippen LogP contribution in [0.5, 0.6) is 5.88 Å². The lowest BCUT2D eigenvalue weighted by Gasteiger charge is -2.19. The van der Waals surface area contributed by atoms with E-state index in [4.69, 9.17) is 14.2 Å². The van der Waals surface area contributed by atoms with Crippen molar-refractivity contribution in [3.05, 3.63) is 54.2 Å². The maximum atomic E-state index is 12.4. The molecule has 1 saturated heterocycles. The van der Waals surface area contributed by atoms with Crippen molar-refractivity contribution < 1.29 is 23.8 Å². The molecular formula is C22H27N3O5. The number of nitrogens with zero attached hydrogens (tertiary/aromatic N) is 2. The number of benzene rings is 1. The first-order valence-electron chi connectivity index (χ1n) is 9.86. The lowest BCUT2D eigenvalue weighted by atomic mass is 10.2. The molecule has 0 saturated carbocycles. The Morgan fingerprint density at radius 3 is 2.63 bits per heavy atom. The molecular weight excluding hydrogens is 386 g/mol. The molecule has 2 amide bonds. The molecule has 160 valence electrons. The second kappa shape index (κ2) is 9.58. The fraction of sp³-hybridized carbons (Fsp3) is 0.409. The summed E-state index contributed by atoms with van der Waals surface area (Å²) in [5.74, 6) is 0.131. The van der Waals surface area contributed by atoms with E-state index in [1.165, 1.54) is 6.20 Å². The van der Waals surface area contributed by atoms with Crippen LogP contribution in [0.1, 0.15) is 31.1 Å². The van der Waals surface area contributed by atoms with E-state index in [-0.39, 0.29) is 18.1 Å². The Morgan fingerprint density at radius 1 is 1.20 bits per heavy atom. The molecule has 1 aliphatic rings. The number of cyclic esters (lactones) is 1. The van der Waals surface area contributed by atoms with Gasteiger partial charge in [0.1, 0.15) is 12.7 Å². The van der Waals surface area contributed by atoms with Gasteiger partial charge in [-0.15, -0.1) is 0 Å². The molecule has 1 aromatic heterocycles. The summed E-state index contributed by atoms with van der Waals surface area (Å²) < 4.78 is 16.4. The van der Waals surface area contributed by atoms with Crippen LogP contribution in [0.4, 0.5) is 10.5 Å². The first-order valence-corrected chi connectivity index (χ1v) is 9.86. The molecule has 0 radical (unpaired) electrons. The van der Waals surface area contributed by atoms with Crippen molar-refractivity contribution >= 4 is 17.7 Å². The molecule has 30 heavy (non-hydrogen) atoms. The van der Waals surface area contributed by atoms with E-state index in [1.807, 2.05) is 51.1 Å². The van der Waals surface area contributed by atoms with Gasteiger partial charge in [-0.2, -0.15) is 0 Å². The molecule has 2 aromatic rings. The molecule has 8 heteroatoms. The van der Waals surface area contributed by atoms with E-state index in [9.17, 15) is 9.59 Å². The number of amides is 2. The highest BCUT2D eigenvalue weighted by atomic mass is 16.6. The monoisotopic (exact) mass is 413 g/mol. The van der Waals surface area contributed by atoms with Gasteiger partial charge in [-0.1, -0.05) is 18.2 Å². The number of aromatic nitrogens is 1. The number of nitrogens with one attached hydrogen (secondary N) is 1. The van der Waals surface area contributed by atoms with Crippen LogP contribution in [0, 0.1) is 0 Å². The summed E-state index contributed by atoms with van der Waals surface area (Å²) in [7, 11) is 0. The Kier molecular flexibility index (Phi) is 6.89. The van der Waals surface area contributed by atoms with E-state index in [1.54, 1.807) is 17.0 Å². The van der Waals surface area contributed by atoms with Gasteiger partial charge in [0.05, 0.1) is 30.9 Å². The fourth-order valence-electron chi connectivity index (χ4n) is 2.85. The summed E-state index contributed by atoms with van der Waals surface area (Å²) in [6.45, 7) is 7.36. The van der Waals surface area contributed by atoms with E-state index in [2.05, 4.69) is 10.3 Å². The maximum Gasteiger partial charge on any atom is 0.414 e. The van der Waals surface area contributed by atoms with Crippen molar-refractivity contribution in [2.75, 3.05) is 31.2 Å². The van der Waals surface area contributed by atoms with Gasteiger partial charge >= 0.3 is 6.09 Å². The van der Waals surface area contributed by atoms with E-state index in [0.29, 0.717) is 31.2 Å². The van der Waals surface area contributed by atoms with Crippen molar-refractivity contribution in [1.82, 2.24) is 10.3 Å². The second-order valence-corrected chi connectivity index (χ2v) is 7.86. The van der Waals surface area contributed by atoms with Crippen LogP contribution in [-0.4, -0.2) is 55.0 Å². The second-order valence-electron chi connectivity index (χ2n) is 7.86. The van der Waals surface area contributed by atoms with Gasteiger partial charge in [0.25, 0.3) is 5.91 Å². The lowest BCUT2D eigenvalue weighted by molar-refractivity contribution is -0.0168. The topological polar surface area (TPSA) is 90.0 Å². The van der Waals surface area contributed by atoms with Crippen molar-refractivity contribution in [2.45, 2.75) is 32.5 Å². The Labute approximate surface area is 176 Å². The van der Waals surface area contributed by atoms with E-state index in [0.717, 1.165) is 5.69 Å². The number of pyridine rings is 1. The first kappa shape index (κ1) is 21.6. The van der Waals surface area contributed by atoms with Crippen LogP contribution >= 0.6 is 0 Å². The fourth-order valence-corrected chi connectivity index (χ4v) is 2.85. The predicted octanol–water partition coefficient (Wildman–Crippen LogP) is 3.03. The first-order chi connectivity index (χ1) is 14.3. The molecule has 1 atom stereocenters. The molecule has 0 spiro atoms. The zero-order chi connectivity index (χ0) is 21.6. The highest BCUT2D eigenvalue weighted by Crippen LogP contribution is 2.20. The van der Waals surface area contributed by atoms with Crippen LogP contribution in [0.25, 0.3) is 0 Å². The van der Waals surface area contributed by atoms with Gasteiger partial charge in [-0.3, -0.25) is 9.69 Å². The molecule has 0 bridgehead atoms. The number of anilines is 1. The molecule has 2 heterocycles. The van der Waals surface area contributed by atoms with Gasteiger partial charge in [0.15, 0.2) is 0 Å². The number of hydrogen-bond donors (Lipinski definition) is 1. The number of carbonyl (C=O) groups excluding carboxylic acids is 2. The average Bonchev–Trinajstić information content (AvgIpc) is 3.10. The molecule has 1 fully saturated rings. The van der Waals surface area contributed by atoms with Crippen LogP contribution in [0.15, 0.2) is 48.7 Å². The summed E-state index contributed by atoms with van der Waals surface area (Å²) in [4.78, 5) is 30.1. The van der Waals surface area contributed by atoms with Crippen molar-refractivity contribution in [2.24, 2.45) is 0 Å². The lowest BCUT2D eigenvalue weighted by Crippen LogP contribution is -2.34. The van der Waals surface area contributed by atoms with Crippen LogP contribution in [0.3, 0.4) is 0 Å². The van der Waals surface area contributed by atoms with E-state index >= 15 is 0 Å². The highest BCUT2D eigenvalue weighted by molar-refractivity contribution is 5.94. The SMILES string of the molecule is CC(C)(C)OCCOc1ccc(C(=O)NCC2CN(c3ccccc3)C(=O)O2)cn1. The van der Waals surface area contributed by atoms with Crippen LogP contribution in [0.2, 0.25) is 0 Å². The number of para-hydroxylation sites is 1. The highest BCUT2D eigenvalue weighted by Gasteiger charge is 2.32. The Morgan fingerprint density at radius 2 is 1.97 bits per heavy atom. The van der Waals surface area contributed by atoms with E-state index < -0.39 is 12.2 Å². The molecule has 1 unspecified atom stereocenters. The summed E-state index contributed by atoms with van der Waals surface area (Å²) in [6.07, 6.45) is 0.616. The molecule has 1 aromatic carbocycles. The number of ether oxygens (including phenoxy) is 3. The summed E-state index contributed by atoms with van der Waals surface area (Å²) in [5, 5.41) is 2.78. The minimum absolute atomic E-state index is 0.218. The molecule has 0 aliphatic carbocycles. The average molecular weight is 413 g/mol. The molecule has 8 nitrogen and oxygen atoms in total. The minimum atomic E-state index is -0.418. The number of hydrogen-bond acceptors (Lipinski definition) is 6. The van der Waals surface area contributed by atoms with Crippen molar-refractivity contribution in [3.63, 3.8) is 0 Å². The Balaban J connectivity index is 1.43. The molecule has 1 N–H and O–H groups in total. The van der Waals surface area contributed by atoms with Gasteiger partial charge in [0.2, 0.25) is 5.88 Å². The molecule has 3 rings (SSSR count). The zero-order valence-corrected chi connectivity index (χ0v) is 17.5. The van der Waals surface area contributed by atoms with Gasteiger partial charge in [-0.05, 0) is 39.0 Å². The van der Waals surface area contributed by atoms with Crippen molar-refractivity contribution in [3.8, 4) is 5.88 Å². The minimum Gasteiger partial charge on any atom is -0.475 e. The third-order valence-corrected chi connectivity index (χ3v) is 4.30. The summed E-state index contributed by atoms with van der Waals surface area (Å²) >= 11 is 0. The maximum absolute atomic E-state index is 12.4. The number of carbonyl (C=O) groups is 2. The van der Waals surface area contributed by atoms with Crippen molar-refractivity contribution in [1.29, 1.82) is 0 Å². The Hall–Kier alpha value is -3.13. The standard InChI is InChI=1S/C22H27N3O5/c1-22(2,3)29-12-11-28-19-10-9-16(13-23-19)20(26)24-14-18-15-25(21(27)30-18)17-7-5-4-6-8-17/h4-10,13,18H,11-12,14-15H2,1-3H3,(H,24,26). The Bertz CT molecular complexity index is 849. The summed E-state index contributed by atoms with van der Waals surface area (Å²) in [6, 6.07) is 12.6. The third-order valence-electron chi connectivity index (χ3n) is 4.30. The largest absolute Gasteiger partial charge is 0.475 e. The van der Waals surface area contributed by atoms with Gasteiger partial charge in [-0.25, -0.2) is 9.78 Å². The normalized spacial score (nSPS) is 16.3. The van der Waals surface area contributed by atoms with Gasteiger partial charge in [0, 0.05) is 18.0 Å². The molecule has 1 aliphatic heterocycles.